The number of primary amides is 1. The van der Waals surface area contributed by atoms with Crippen LogP contribution in [0.4, 0.5) is 0 Å². The fourth-order valence-electron chi connectivity index (χ4n) is 2.85. The van der Waals surface area contributed by atoms with Crippen LogP contribution in [0.5, 0.6) is 0 Å². The zero-order valence-electron chi connectivity index (χ0n) is 11.5. The Kier molecular flexibility index (Phi) is 3.28. The lowest BCUT2D eigenvalue weighted by Crippen LogP contribution is -2.42. The molecule has 3 rings (SSSR count). The molecule has 104 valence electrons. The molecule has 0 fully saturated rings. The van der Waals surface area contributed by atoms with E-state index in [1.807, 2.05) is 36.0 Å². The van der Waals surface area contributed by atoms with Crippen LogP contribution in [0.25, 0.3) is 0 Å². The van der Waals surface area contributed by atoms with Crippen molar-refractivity contribution in [1.82, 2.24) is 14.5 Å². The van der Waals surface area contributed by atoms with Crippen LogP contribution in [-0.4, -0.2) is 26.9 Å². The highest BCUT2D eigenvalue weighted by atomic mass is 16.1. The Hall–Kier alpha value is -2.14. The highest BCUT2D eigenvalue weighted by Gasteiger charge is 2.31. The molecule has 2 heterocycles. The van der Waals surface area contributed by atoms with Crippen LogP contribution < -0.4 is 5.73 Å². The molecule has 1 atom stereocenters. The van der Waals surface area contributed by atoms with Gasteiger partial charge in [0, 0.05) is 26.0 Å². The second-order valence-electron chi connectivity index (χ2n) is 5.18. The van der Waals surface area contributed by atoms with E-state index < -0.39 is 0 Å². The minimum absolute atomic E-state index is 0.300. The largest absolute Gasteiger partial charge is 0.368 e. The quantitative estimate of drug-likeness (QED) is 0.905. The van der Waals surface area contributed by atoms with Gasteiger partial charge in [0.05, 0.1) is 6.54 Å². The van der Waals surface area contributed by atoms with Crippen molar-refractivity contribution in [2.24, 2.45) is 12.8 Å². The number of nitrogens with zero attached hydrogens (tertiary/aromatic N) is 3. The van der Waals surface area contributed by atoms with E-state index >= 15 is 0 Å². The van der Waals surface area contributed by atoms with E-state index in [1.54, 1.807) is 6.20 Å². The van der Waals surface area contributed by atoms with E-state index in [1.165, 1.54) is 5.56 Å². The van der Waals surface area contributed by atoms with Gasteiger partial charge < -0.3 is 10.3 Å². The van der Waals surface area contributed by atoms with Gasteiger partial charge in [-0.1, -0.05) is 24.3 Å². The van der Waals surface area contributed by atoms with Gasteiger partial charge in [0.25, 0.3) is 0 Å². The monoisotopic (exact) mass is 270 g/mol. The third-order valence-corrected chi connectivity index (χ3v) is 3.92. The summed E-state index contributed by atoms with van der Waals surface area (Å²) in [6.07, 6.45) is 4.61. The molecule has 0 saturated heterocycles. The van der Waals surface area contributed by atoms with Crippen LogP contribution in [0.2, 0.25) is 0 Å². The maximum atomic E-state index is 11.9. The molecule has 0 bridgehead atoms. The Labute approximate surface area is 118 Å². The van der Waals surface area contributed by atoms with Crippen LogP contribution in [0, 0.1) is 0 Å². The summed E-state index contributed by atoms with van der Waals surface area (Å²) in [4.78, 5) is 18.3. The standard InChI is InChI=1S/C15H18N4O/c1-18-9-7-17-13(18)10-19-8-6-11-4-2-3-5-12(11)14(19)15(16)20/h2-5,7,9,14H,6,8,10H2,1H3,(H2,16,20). The summed E-state index contributed by atoms with van der Waals surface area (Å²) in [5.74, 6) is 0.641. The summed E-state index contributed by atoms with van der Waals surface area (Å²) in [5.41, 5.74) is 7.88. The number of carbonyl (C=O) groups is 1. The van der Waals surface area contributed by atoms with Crippen molar-refractivity contribution in [3.8, 4) is 0 Å². The number of fused-ring (bicyclic) bond motifs is 1. The first-order valence-corrected chi connectivity index (χ1v) is 6.74. The van der Waals surface area contributed by atoms with E-state index in [-0.39, 0.29) is 11.9 Å². The van der Waals surface area contributed by atoms with Gasteiger partial charge in [-0.2, -0.15) is 0 Å². The molecule has 0 spiro atoms. The number of carbonyl (C=O) groups excluding carboxylic acids is 1. The zero-order chi connectivity index (χ0) is 14.1. The van der Waals surface area contributed by atoms with Crippen molar-refractivity contribution >= 4 is 5.91 Å². The number of nitrogens with two attached hydrogens (primary N) is 1. The number of aryl methyl sites for hydroxylation is 1. The molecule has 2 N–H and O–H groups in total. The first kappa shape index (κ1) is 12.9. The molecule has 2 aromatic rings. The van der Waals surface area contributed by atoms with Crippen molar-refractivity contribution in [2.75, 3.05) is 6.54 Å². The summed E-state index contributed by atoms with van der Waals surface area (Å²) in [6.45, 7) is 1.45. The summed E-state index contributed by atoms with van der Waals surface area (Å²) >= 11 is 0. The zero-order valence-corrected chi connectivity index (χ0v) is 11.5. The SMILES string of the molecule is Cn1ccnc1CN1CCc2ccccc2C1C(N)=O. The van der Waals surface area contributed by atoms with Crippen LogP contribution in [0.15, 0.2) is 36.7 Å². The molecule has 1 aromatic heterocycles. The van der Waals surface area contributed by atoms with Gasteiger partial charge in [-0.05, 0) is 17.5 Å². The summed E-state index contributed by atoms with van der Waals surface area (Å²) in [6, 6.07) is 7.67. The van der Waals surface area contributed by atoms with Crippen LogP contribution in [0.3, 0.4) is 0 Å². The Bertz CT molecular complexity index is 634. The molecule has 20 heavy (non-hydrogen) atoms. The van der Waals surface area contributed by atoms with Gasteiger partial charge in [-0.25, -0.2) is 4.98 Å². The van der Waals surface area contributed by atoms with E-state index in [2.05, 4.69) is 16.0 Å². The number of imidazole rings is 1. The number of rotatable bonds is 3. The Morgan fingerprint density at radius 3 is 2.95 bits per heavy atom. The molecule has 1 aliphatic rings. The second kappa shape index (κ2) is 5.09. The molecular weight excluding hydrogens is 252 g/mol. The fourth-order valence-corrected chi connectivity index (χ4v) is 2.85. The molecule has 1 unspecified atom stereocenters. The molecule has 5 heteroatoms. The predicted octanol–water partition coefficient (Wildman–Crippen LogP) is 1.00. The molecule has 5 nitrogen and oxygen atoms in total. The predicted molar refractivity (Wildman–Crippen MR) is 75.7 cm³/mol. The third-order valence-electron chi connectivity index (χ3n) is 3.92. The summed E-state index contributed by atoms with van der Waals surface area (Å²) in [5, 5.41) is 0. The molecule has 0 aliphatic carbocycles. The Morgan fingerprint density at radius 1 is 1.45 bits per heavy atom. The average Bonchev–Trinajstić information content (AvgIpc) is 2.83. The minimum atomic E-state index is -0.364. The average molecular weight is 270 g/mol. The number of benzene rings is 1. The number of amides is 1. The van der Waals surface area contributed by atoms with Crippen molar-refractivity contribution in [3.05, 3.63) is 53.6 Å². The van der Waals surface area contributed by atoms with Crippen molar-refractivity contribution in [3.63, 3.8) is 0 Å². The van der Waals surface area contributed by atoms with Gasteiger partial charge >= 0.3 is 0 Å². The van der Waals surface area contributed by atoms with Crippen LogP contribution in [-0.2, 0) is 24.8 Å². The van der Waals surface area contributed by atoms with Crippen LogP contribution in [0.1, 0.15) is 23.0 Å². The van der Waals surface area contributed by atoms with E-state index in [0.717, 1.165) is 24.4 Å². The lowest BCUT2D eigenvalue weighted by Gasteiger charge is -2.35. The Morgan fingerprint density at radius 2 is 2.25 bits per heavy atom. The van der Waals surface area contributed by atoms with Crippen molar-refractivity contribution < 1.29 is 4.79 Å². The van der Waals surface area contributed by atoms with Gasteiger partial charge in [-0.15, -0.1) is 0 Å². The number of hydrogen-bond donors (Lipinski definition) is 1. The van der Waals surface area contributed by atoms with Crippen LogP contribution >= 0.6 is 0 Å². The maximum absolute atomic E-state index is 11.9. The summed E-state index contributed by atoms with van der Waals surface area (Å²) in [7, 11) is 1.96. The van der Waals surface area contributed by atoms with Gasteiger partial charge in [-0.3, -0.25) is 9.69 Å². The lowest BCUT2D eigenvalue weighted by atomic mass is 9.92. The van der Waals surface area contributed by atoms with E-state index in [9.17, 15) is 4.79 Å². The molecule has 0 saturated carbocycles. The first-order chi connectivity index (χ1) is 9.66. The normalized spacial score (nSPS) is 18.8. The van der Waals surface area contributed by atoms with Crippen molar-refractivity contribution in [2.45, 2.75) is 19.0 Å². The third kappa shape index (κ3) is 2.20. The smallest absolute Gasteiger partial charge is 0.239 e. The minimum Gasteiger partial charge on any atom is -0.368 e. The van der Waals surface area contributed by atoms with Crippen molar-refractivity contribution in [1.29, 1.82) is 0 Å². The van der Waals surface area contributed by atoms with Gasteiger partial charge in [0.1, 0.15) is 11.9 Å². The lowest BCUT2D eigenvalue weighted by molar-refractivity contribution is -0.124. The fraction of sp³-hybridized carbons (Fsp3) is 0.333. The Balaban J connectivity index is 1.92. The molecule has 1 aromatic carbocycles. The van der Waals surface area contributed by atoms with Gasteiger partial charge in [0.2, 0.25) is 5.91 Å². The summed E-state index contributed by atoms with van der Waals surface area (Å²) < 4.78 is 1.97. The first-order valence-electron chi connectivity index (χ1n) is 6.74. The highest BCUT2D eigenvalue weighted by Crippen LogP contribution is 2.30. The molecule has 1 aliphatic heterocycles. The topological polar surface area (TPSA) is 64.2 Å². The highest BCUT2D eigenvalue weighted by molar-refractivity contribution is 5.82. The molecular formula is C15H18N4O. The maximum Gasteiger partial charge on any atom is 0.239 e. The van der Waals surface area contributed by atoms with E-state index in [0.29, 0.717) is 6.54 Å². The molecule has 1 amide bonds. The van der Waals surface area contributed by atoms with E-state index in [4.69, 9.17) is 5.73 Å². The molecule has 0 radical (unpaired) electrons. The second-order valence-corrected chi connectivity index (χ2v) is 5.18. The number of aromatic nitrogens is 2. The van der Waals surface area contributed by atoms with Gasteiger partial charge in [0.15, 0.2) is 0 Å². The number of hydrogen-bond acceptors (Lipinski definition) is 3.